The molecule has 344 valence electrons. The topological polar surface area (TPSA) is 151 Å². The van der Waals surface area contributed by atoms with E-state index in [4.69, 9.17) is 5.11 Å². The number of aliphatic hydroxyl groups is 2. The van der Waals surface area contributed by atoms with Gasteiger partial charge < -0.3 is 35.3 Å². The molecule has 2 unspecified atom stereocenters. The van der Waals surface area contributed by atoms with E-state index in [9.17, 15) is 29.4 Å². The summed E-state index contributed by atoms with van der Waals surface area (Å²) in [4.78, 5) is 54.9. The fourth-order valence-corrected chi connectivity index (χ4v) is 9.60. The summed E-state index contributed by atoms with van der Waals surface area (Å²) < 4.78 is 0. The molecule has 2 aliphatic carbocycles. The number of hydrogen-bond acceptors (Lipinski definition) is 7. The fraction of sp³-hybridized carbons (Fsp3) is 0.472. The summed E-state index contributed by atoms with van der Waals surface area (Å²) in [6, 6.07) is 38.5. The van der Waals surface area contributed by atoms with Crippen LogP contribution in [0.1, 0.15) is 93.9 Å². The van der Waals surface area contributed by atoms with E-state index in [1.54, 1.807) is 4.90 Å². The molecule has 4 aliphatic rings. The Hall–Kier alpha value is -5.36. The summed E-state index contributed by atoms with van der Waals surface area (Å²) in [5.41, 5.74) is 0.851. The van der Waals surface area contributed by atoms with Crippen molar-refractivity contribution in [3.05, 3.63) is 144 Å². The Bertz CT molecular complexity index is 2010. The lowest BCUT2D eigenvalue weighted by atomic mass is 9.79. The largest absolute Gasteiger partial charge is 0.481 e. The molecule has 3 amide bonds. The summed E-state index contributed by atoms with van der Waals surface area (Å²) >= 11 is 0. The molecule has 2 saturated heterocycles. The number of carboxylic acids is 1. The minimum Gasteiger partial charge on any atom is -0.481 e. The molecule has 4 aromatic rings. The third-order valence-corrected chi connectivity index (χ3v) is 13.2. The summed E-state index contributed by atoms with van der Waals surface area (Å²) in [5.74, 6) is -0.932. The number of carbonyl (C=O) groups is 4. The average Bonchev–Trinajstić information content (AvgIpc) is 4.11. The van der Waals surface area contributed by atoms with Crippen LogP contribution in [0, 0.1) is 11.8 Å². The van der Waals surface area contributed by atoms with E-state index in [2.05, 4.69) is 5.32 Å². The molecule has 2 heterocycles. The van der Waals surface area contributed by atoms with Gasteiger partial charge in [0, 0.05) is 77.0 Å². The first-order valence-corrected chi connectivity index (χ1v) is 23.0. The van der Waals surface area contributed by atoms with Crippen molar-refractivity contribution < 1.29 is 34.5 Å². The van der Waals surface area contributed by atoms with E-state index in [0.717, 1.165) is 87.6 Å². The van der Waals surface area contributed by atoms with Crippen LogP contribution >= 0.6 is 0 Å². The van der Waals surface area contributed by atoms with Crippen molar-refractivity contribution >= 4 is 23.7 Å². The van der Waals surface area contributed by atoms with Gasteiger partial charge in [-0.25, -0.2) is 0 Å². The Morgan fingerprint density at radius 3 is 1.23 bits per heavy atom. The van der Waals surface area contributed by atoms with Crippen LogP contribution in [-0.4, -0.2) is 106 Å². The number of nitrogens with zero attached hydrogens (tertiary/aromatic N) is 3. The van der Waals surface area contributed by atoms with Crippen LogP contribution in [0.4, 0.5) is 0 Å². The first kappa shape index (κ1) is 49.7. The van der Waals surface area contributed by atoms with Crippen molar-refractivity contribution in [2.45, 2.75) is 95.7 Å². The fourth-order valence-electron chi connectivity index (χ4n) is 9.60. The number of benzene rings is 4. The molecule has 0 radical (unpaired) electrons. The number of aliphatic carboxylic acids is 1. The van der Waals surface area contributed by atoms with E-state index >= 15 is 0 Å². The molecule has 0 spiro atoms. The molecule has 2 saturated carbocycles. The molecule has 11 nitrogen and oxygen atoms in total. The first-order chi connectivity index (χ1) is 30.6. The molecule has 0 bridgehead atoms. The summed E-state index contributed by atoms with van der Waals surface area (Å²) in [5, 5.41) is 34.7. The maximum atomic E-state index is 13.6. The van der Waals surface area contributed by atoms with Gasteiger partial charge in [-0.05, 0) is 60.8 Å². The van der Waals surface area contributed by atoms with E-state index in [-0.39, 0.29) is 43.4 Å². The predicted octanol–water partition coefficient (Wildman–Crippen LogP) is 7.20. The van der Waals surface area contributed by atoms with Gasteiger partial charge in [-0.1, -0.05) is 154 Å². The molecule has 2 aliphatic heterocycles. The van der Waals surface area contributed by atoms with Gasteiger partial charge in [-0.15, -0.1) is 0 Å². The van der Waals surface area contributed by atoms with Crippen LogP contribution in [0.3, 0.4) is 0 Å². The normalized spacial score (nSPS) is 18.5. The standard InChI is InChI=1S/C26H32N2O3.C17H24N2O2.C9H10O2.CH4/c29-24(16-15-21-9-3-1-4-10-21)27-17-19-28(20-18-27)25(30)26(31,23-13-7-8-14-23)22-11-5-2-6-12-22;20-16(19-12-10-18-11-13-19)17(21,15-8-4-5-9-15)14-6-2-1-3-7-14;10-9(11)7-6-8-4-2-1-3-5-8;/h1-6,9-12,23,31H,7-8,13-20H2;1-3,6-7,15,18,21H,4-5,8-13H2;1-5H,6-7H2,(H,10,11);1H4. The molecule has 2 atom stereocenters. The monoisotopic (exact) mass is 875 g/mol. The van der Waals surface area contributed by atoms with Crippen LogP contribution in [-0.2, 0) is 43.2 Å². The van der Waals surface area contributed by atoms with Crippen LogP contribution in [0.5, 0.6) is 0 Å². The van der Waals surface area contributed by atoms with Crippen molar-refractivity contribution in [1.29, 1.82) is 0 Å². The lowest BCUT2D eigenvalue weighted by Gasteiger charge is -2.41. The van der Waals surface area contributed by atoms with Gasteiger partial charge in [0.05, 0.1) is 0 Å². The van der Waals surface area contributed by atoms with Crippen LogP contribution < -0.4 is 5.32 Å². The highest BCUT2D eigenvalue weighted by Gasteiger charge is 2.50. The smallest absolute Gasteiger partial charge is 0.303 e. The number of piperazine rings is 2. The zero-order valence-corrected chi connectivity index (χ0v) is 36.7. The molecule has 0 aromatic heterocycles. The van der Waals surface area contributed by atoms with Crippen molar-refractivity contribution in [2.75, 3.05) is 52.4 Å². The second kappa shape index (κ2) is 24.6. The zero-order chi connectivity index (χ0) is 44.5. The molecule has 11 heteroatoms. The van der Waals surface area contributed by atoms with Gasteiger partial charge in [-0.3, -0.25) is 19.2 Å². The molecular weight excluding hydrogens is 805 g/mol. The van der Waals surface area contributed by atoms with Gasteiger partial charge in [0.25, 0.3) is 11.8 Å². The second-order valence-corrected chi connectivity index (χ2v) is 17.3. The second-order valence-electron chi connectivity index (χ2n) is 17.3. The Kier molecular flexibility index (Phi) is 19.1. The Balaban J connectivity index is 0.000000201. The number of nitrogens with one attached hydrogen (secondary N) is 1. The highest BCUT2D eigenvalue weighted by Crippen LogP contribution is 2.43. The number of aryl methyl sites for hydroxylation is 2. The van der Waals surface area contributed by atoms with Crippen LogP contribution in [0.15, 0.2) is 121 Å². The molecule has 4 fully saturated rings. The van der Waals surface area contributed by atoms with Crippen molar-refractivity contribution in [1.82, 2.24) is 20.0 Å². The number of rotatable bonds is 12. The Morgan fingerprint density at radius 2 is 0.844 bits per heavy atom. The Morgan fingerprint density at radius 1 is 0.500 bits per heavy atom. The summed E-state index contributed by atoms with van der Waals surface area (Å²) in [6.07, 6.45) is 9.97. The lowest BCUT2D eigenvalue weighted by Crippen LogP contribution is -2.57. The number of hydrogen-bond donors (Lipinski definition) is 4. The quantitative estimate of drug-likeness (QED) is 0.117. The summed E-state index contributed by atoms with van der Waals surface area (Å²) in [7, 11) is 0. The van der Waals surface area contributed by atoms with Gasteiger partial charge in [0.1, 0.15) is 0 Å². The third-order valence-electron chi connectivity index (χ3n) is 13.2. The van der Waals surface area contributed by atoms with Crippen molar-refractivity contribution in [3.8, 4) is 0 Å². The molecule has 64 heavy (non-hydrogen) atoms. The minimum absolute atomic E-state index is 0. The van der Waals surface area contributed by atoms with E-state index in [1.165, 1.54) is 0 Å². The molecular formula is C53H70N4O7. The maximum Gasteiger partial charge on any atom is 0.303 e. The van der Waals surface area contributed by atoms with Gasteiger partial charge in [-0.2, -0.15) is 0 Å². The van der Waals surface area contributed by atoms with E-state index in [0.29, 0.717) is 57.7 Å². The highest BCUT2D eigenvalue weighted by molar-refractivity contribution is 5.88. The predicted molar refractivity (Wildman–Crippen MR) is 251 cm³/mol. The molecule has 4 aromatic carbocycles. The molecule has 4 N–H and O–H groups in total. The number of carboxylic acid groups (broad SMARTS) is 1. The first-order valence-electron chi connectivity index (χ1n) is 23.0. The zero-order valence-electron chi connectivity index (χ0n) is 36.7. The van der Waals surface area contributed by atoms with Gasteiger partial charge >= 0.3 is 5.97 Å². The minimum atomic E-state index is -1.47. The highest BCUT2D eigenvalue weighted by atomic mass is 16.4. The van der Waals surface area contributed by atoms with E-state index in [1.807, 2.05) is 131 Å². The lowest BCUT2D eigenvalue weighted by molar-refractivity contribution is -0.162. The maximum absolute atomic E-state index is 13.6. The number of carbonyl (C=O) groups excluding carboxylic acids is 3. The van der Waals surface area contributed by atoms with E-state index < -0.39 is 17.2 Å². The third kappa shape index (κ3) is 12.9. The Labute approximate surface area is 380 Å². The van der Waals surface area contributed by atoms with Crippen molar-refractivity contribution in [3.63, 3.8) is 0 Å². The number of amides is 3. The summed E-state index contributed by atoms with van der Waals surface area (Å²) in [6.45, 7) is 4.96. The van der Waals surface area contributed by atoms with Crippen LogP contribution in [0.25, 0.3) is 0 Å². The van der Waals surface area contributed by atoms with Gasteiger partial charge in [0.15, 0.2) is 11.2 Å². The van der Waals surface area contributed by atoms with Gasteiger partial charge in [0.2, 0.25) is 5.91 Å². The van der Waals surface area contributed by atoms with Crippen molar-refractivity contribution in [2.24, 2.45) is 11.8 Å². The average molecular weight is 875 g/mol. The van der Waals surface area contributed by atoms with Crippen LogP contribution in [0.2, 0.25) is 0 Å². The molecule has 8 rings (SSSR count). The SMILES string of the molecule is C.O=C(CCc1ccccc1)N1CCN(C(=O)C(O)(c2ccccc2)C2CCCC2)CC1.O=C(N1CCNCC1)C(O)(c1ccccc1)C1CCCC1.O=C(O)CCc1ccccc1.